The lowest BCUT2D eigenvalue weighted by molar-refractivity contribution is -0.114. The molecule has 0 radical (unpaired) electrons. The minimum absolute atomic E-state index is 0.00417. The molecule has 0 amide bonds. The van der Waals surface area contributed by atoms with Crippen LogP contribution in [-0.4, -0.2) is 12.9 Å². The number of methoxy groups -OCH3 is 1. The monoisotopic (exact) mass is 176 g/mol. The average molecular weight is 176 g/mol. The lowest BCUT2D eigenvalue weighted by Crippen LogP contribution is -2.00. The summed E-state index contributed by atoms with van der Waals surface area (Å²) in [6.45, 7) is 3.42. The number of ketones is 1. The van der Waals surface area contributed by atoms with Crippen LogP contribution in [0.25, 0.3) is 0 Å². The van der Waals surface area contributed by atoms with Gasteiger partial charge in [0.25, 0.3) is 0 Å². The lowest BCUT2D eigenvalue weighted by atomic mass is 10.1. The van der Waals surface area contributed by atoms with Gasteiger partial charge in [-0.3, -0.25) is 4.79 Å². The largest absolute Gasteiger partial charge is 0.496 e. The van der Waals surface area contributed by atoms with Crippen LogP contribution in [-0.2, 0) is 11.2 Å². The Kier molecular flexibility index (Phi) is 3.26. The van der Waals surface area contributed by atoms with Crippen molar-refractivity contribution in [1.29, 1.82) is 0 Å². The van der Waals surface area contributed by atoms with E-state index in [-0.39, 0.29) is 5.78 Å². The zero-order chi connectivity index (χ0) is 9.68. The molecule has 0 heterocycles. The number of ether oxygens (including phenoxy) is 1. The quantitative estimate of drug-likeness (QED) is 0.656. The Morgan fingerprint density at radius 1 is 1.54 bits per heavy atom. The van der Waals surface area contributed by atoms with Gasteiger partial charge in [0.05, 0.1) is 7.11 Å². The average Bonchev–Trinajstić information content (AvgIpc) is 2.18. The minimum atomic E-state index is 0.00417. The molecule has 68 valence electrons. The third-order valence-corrected chi connectivity index (χ3v) is 1.78. The first-order chi connectivity index (χ1) is 6.27. The second kappa shape index (κ2) is 4.45. The Morgan fingerprint density at radius 2 is 2.23 bits per heavy atom. The number of carbonyl (C=O) groups excluding carboxylic acids is 1. The maximum absolute atomic E-state index is 11.1. The van der Waals surface area contributed by atoms with Gasteiger partial charge in [0.15, 0.2) is 5.78 Å². The number of benzene rings is 1. The maximum atomic E-state index is 11.1. The number of allylic oxidation sites excluding steroid dienone is 1. The van der Waals surface area contributed by atoms with E-state index in [2.05, 4.69) is 6.58 Å². The van der Waals surface area contributed by atoms with Gasteiger partial charge in [-0.1, -0.05) is 24.8 Å². The second-order valence-electron chi connectivity index (χ2n) is 2.66. The molecular weight excluding hydrogens is 164 g/mol. The van der Waals surface area contributed by atoms with Crippen molar-refractivity contribution in [3.05, 3.63) is 42.5 Å². The number of para-hydroxylation sites is 1. The predicted octanol–water partition coefficient (Wildman–Crippen LogP) is 1.99. The van der Waals surface area contributed by atoms with Crippen molar-refractivity contribution in [2.45, 2.75) is 6.42 Å². The van der Waals surface area contributed by atoms with Gasteiger partial charge in [-0.15, -0.1) is 0 Å². The van der Waals surface area contributed by atoms with Crippen molar-refractivity contribution in [3.63, 3.8) is 0 Å². The van der Waals surface area contributed by atoms with Crippen LogP contribution < -0.4 is 4.74 Å². The highest BCUT2D eigenvalue weighted by Crippen LogP contribution is 2.17. The summed E-state index contributed by atoms with van der Waals surface area (Å²) in [4.78, 5) is 11.1. The Balaban J connectivity index is 2.86. The van der Waals surface area contributed by atoms with Crippen molar-refractivity contribution in [2.75, 3.05) is 7.11 Å². The van der Waals surface area contributed by atoms with Crippen molar-refractivity contribution in [2.24, 2.45) is 0 Å². The molecule has 1 aromatic rings. The number of carbonyl (C=O) groups is 1. The molecule has 2 heteroatoms. The van der Waals surface area contributed by atoms with Gasteiger partial charge >= 0.3 is 0 Å². The Morgan fingerprint density at radius 3 is 2.85 bits per heavy atom. The summed E-state index contributed by atoms with van der Waals surface area (Å²) in [6, 6.07) is 7.47. The minimum Gasteiger partial charge on any atom is -0.496 e. The third kappa shape index (κ3) is 2.44. The van der Waals surface area contributed by atoms with Gasteiger partial charge in [0.2, 0.25) is 0 Å². The van der Waals surface area contributed by atoms with E-state index in [1.54, 1.807) is 7.11 Å². The highest BCUT2D eigenvalue weighted by atomic mass is 16.5. The number of hydrogen-bond donors (Lipinski definition) is 0. The molecule has 13 heavy (non-hydrogen) atoms. The zero-order valence-corrected chi connectivity index (χ0v) is 7.62. The topological polar surface area (TPSA) is 26.3 Å². The molecule has 0 saturated heterocycles. The van der Waals surface area contributed by atoms with Crippen LogP contribution in [0.15, 0.2) is 36.9 Å². The molecule has 0 unspecified atom stereocenters. The molecule has 0 saturated carbocycles. The molecule has 0 aliphatic carbocycles. The zero-order valence-electron chi connectivity index (χ0n) is 7.62. The molecule has 0 fully saturated rings. The van der Waals surface area contributed by atoms with Gasteiger partial charge in [0.1, 0.15) is 5.75 Å². The second-order valence-corrected chi connectivity index (χ2v) is 2.66. The SMILES string of the molecule is C=CC(=O)Cc1ccccc1OC. The molecule has 1 rings (SSSR count). The van der Waals surface area contributed by atoms with Gasteiger partial charge in [-0.2, -0.15) is 0 Å². The fourth-order valence-electron chi connectivity index (χ4n) is 1.11. The molecule has 0 N–H and O–H groups in total. The molecular formula is C11H12O2. The standard InChI is InChI=1S/C11H12O2/c1-3-10(12)8-9-6-4-5-7-11(9)13-2/h3-7H,1,8H2,2H3. The van der Waals surface area contributed by atoms with Crippen LogP contribution in [0.3, 0.4) is 0 Å². The summed E-state index contributed by atoms with van der Waals surface area (Å²) in [6.07, 6.45) is 1.68. The third-order valence-electron chi connectivity index (χ3n) is 1.78. The molecule has 1 aromatic carbocycles. The maximum Gasteiger partial charge on any atom is 0.159 e. The molecule has 0 aliphatic rings. The molecule has 0 aliphatic heterocycles. The van der Waals surface area contributed by atoms with Crippen LogP contribution in [0.4, 0.5) is 0 Å². The Labute approximate surface area is 77.8 Å². The van der Waals surface area contributed by atoms with Crippen LogP contribution >= 0.6 is 0 Å². The molecule has 0 atom stereocenters. The predicted molar refractivity (Wildman–Crippen MR) is 51.9 cm³/mol. The number of rotatable bonds is 4. The van der Waals surface area contributed by atoms with E-state index in [1.807, 2.05) is 24.3 Å². The van der Waals surface area contributed by atoms with Crippen LogP contribution in [0.2, 0.25) is 0 Å². The first-order valence-electron chi connectivity index (χ1n) is 4.05. The molecule has 0 bridgehead atoms. The van der Waals surface area contributed by atoms with Crippen molar-refractivity contribution in [3.8, 4) is 5.75 Å². The summed E-state index contributed by atoms with van der Waals surface area (Å²) in [5.74, 6) is 0.752. The van der Waals surface area contributed by atoms with Gasteiger partial charge in [-0.25, -0.2) is 0 Å². The summed E-state index contributed by atoms with van der Waals surface area (Å²) < 4.78 is 5.10. The summed E-state index contributed by atoms with van der Waals surface area (Å²) >= 11 is 0. The Hall–Kier alpha value is -1.57. The van der Waals surface area contributed by atoms with E-state index < -0.39 is 0 Å². The van der Waals surface area contributed by atoms with Gasteiger partial charge in [-0.05, 0) is 12.1 Å². The summed E-state index contributed by atoms with van der Waals surface area (Å²) in [5.41, 5.74) is 0.898. The first-order valence-corrected chi connectivity index (χ1v) is 4.05. The van der Waals surface area contributed by atoms with Crippen molar-refractivity contribution in [1.82, 2.24) is 0 Å². The van der Waals surface area contributed by atoms with Crippen LogP contribution in [0.1, 0.15) is 5.56 Å². The first kappa shape index (κ1) is 9.52. The van der Waals surface area contributed by atoms with E-state index in [1.165, 1.54) is 6.08 Å². The van der Waals surface area contributed by atoms with Gasteiger partial charge in [0, 0.05) is 12.0 Å². The smallest absolute Gasteiger partial charge is 0.159 e. The summed E-state index contributed by atoms with van der Waals surface area (Å²) in [7, 11) is 1.59. The molecule has 2 nitrogen and oxygen atoms in total. The van der Waals surface area contributed by atoms with E-state index in [4.69, 9.17) is 4.74 Å². The van der Waals surface area contributed by atoms with E-state index in [9.17, 15) is 4.79 Å². The van der Waals surface area contributed by atoms with Crippen molar-refractivity contribution >= 4 is 5.78 Å². The fraction of sp³-hybridized carbons (Fsp3) is 0.182. The lowest BCUT2D eigenvalue weighted by Gasteiger charge is -2.05. The highest BCUT2D eigenvalue weighted by molar-refractivity contribution is 5.91. The van der Waals surface area contributed by atoms with Crippen molar-refractivity contribution < 1.29 is 9.53 Å². The molecule has 0 spiro atoms. The van der Waals surface area contributed by atoms with Crippen LogP contribution in [0, 0.1) is 0 Å². The summed E-state index contributed by atoms with van der Waals surface area (Å²) in [5, 5.41) is 0. The molecule has 0 aromatic heterocycles. The van der Waals surface area contributed by atoms with E-state index in [0.717, 1.165) is 11.3 Å². The normalized spacial score (nSPS) is 9.31. The van der Waals surface area contributed by atoms with Crippen LogP contribution in [0.5, 0.6) is 5.75 Å². The Bertz CT molecular complexity index is 316. The fourth-order valence-corrected chi connectivity index (χ4v) is 1.11. The van der Waals surface area contributed by atoms with E-state index >= 15 is 0 Å². The highest BCUT2D eigenvalue weighted by Gasteiger charge is 2.04. The van der Waals surface area contributed by atoms with Gasteiger partial charge < -0.3 is 4.74 Å². The van der Waals surface area contributed by atoms with E-state index in [0.29, 0.717) is 6.42 Å². The number of hydrogen-bond acceptors (Lipinski definition) is 2.